The lowest BCUT2D eigenvalue weighted by molar-refractivity contribution is 0.567. The van der Waals surface area contributed by atoms with E-state index in [1.165, 1.54) is 10.6 Å². The molecule has 1 N–H and O–H groups in total. The molecule has 0 aliphatic heterocycles. The highest BCUT2D eigenvalue weighted by molar-refractivity contribution is 7.11. The molecule has 1 aromatic heterocycles. The van der Waals surface area contributed by atoms with E-state index in [4.69, 9.17) is 0 Å². The third kappa shape index (κ3) is 3.76. The Hall–Kier alpha value is -0.670. The molecule has 15 heavy (non-hydrogen) atoms. The van der Waals surface area contributed by atoms with E-state index in [9.17, 15) is 0 Å². The van der Waals surface area contributed by atoms with Crippen molar-refractivity contribution in [3.05, 3.63) is 27.7 Å². The van der Waals surface area contributed by atoms with E-state index in [1.807, 2.05) is 0 Å². The van der Waals surface area contributed by atoms with Crippen molar-refractivity contribution < 1.29 is 0 Å². The summed E-state index contributed by atoms with van der Waals surface area (Å²) in [5.74, 6) is 0. The van der Waals surface area contributed by atoms with Crippen LogP contribution in [0.3, 0.4) is 0 Å². The summed E-state index contributed by atoms with van der Waals surface area (Å²) in [6.07, 6.45) is 5.35. The fourth-order valence-electron chi connectivity index (χ4n) is 1.59. The number of aromatic nitrogens is 1. The number of rotatable bonds is 5. The van der Waals surface area contributed by atoms with Gasteiger partial charge < -0.3 is 5.32 Å². The van der Waals surface area contributed by atoms with E-state index in [1.54, 1.807) is 11.3 Å². The number of hydrogen-bond acceptors (Lipinski definition) is 3. The molecule has 1 heterocycles. The molecule has 84 valence electrons. The maximum Gasteiger partial charge on any atom is 0.0900 e. The molecule has 0 aliphatic carbocycles. The van der Waals surface area contributed by atoms with Gasteiger partial charge in [0.15, 0.2) is 0 Å². The van der Waals surface area contributed by atoms with Gasteiger partial charge in [0.05, 0.1) is 10.7 Å². The van der Waals surface area contributed by atoms with Gasteiger partial charge in [0.25, 0.3) is 0 Å². The van der Waals surface area contributed by atoms with Crippen LogP contribution in [0, 0.1) is 13.8 Å². The molecule has 0 saturated heterocycles. The van der Waals surface area contributed by atoms with Gasteiger partial charge in [0.2, 0.25) is 0 Å². The van der Waals surface area contributed by atoms with Gasteiger partial charge in [-0.3, -0.25) is 0 Å². The molecular formula is C12H20N2S. The maximum absolute atomic E-state index is 4.55. The van der Waals surface area contributed by atoms with Crippen LogP contribution in [0.25, 0.3) is 0 Å². The predicted octanol–water partition coefficient (Wildman–Crippen LogP) is 3.38. The Morgan fingerprint density at radius 1 is 1.47 bits per heavy atom. The Morgan fingerprint density at radius 2 is 2.20 bits per heavy atom. The second-order valence-corrected chi connectivity index (χ2v) is 5.12. The van der Waals surface area contributed by atoms with Crippen molar-refractivity contribution in [2.75, 3.05) is 6.54 Å². The zero-order valence-corrected chi connectivity index (χ0v) is 10.8. The van der Waals surface area contributed by atoms with E-state index in [2.05, 4.69) is 50.1 Å². The predicted molar refractivity (Wildman–Crippen MR) is 67.4 cm³/mol. The fourth-order valence-corrected chi connectivity index (χ4v) is 2.51. The summed E-state index contributed by atoms with van der Waals surface area (Å²) in [7, 11) is 0. The Balaban J connectivity index is 2.46. The maximum atomic E-state index is 4.55. The minimum absolute atomic E-state index is 0.361. The largest absolute Gasteiger partial charge is 0.309 e. The zero-order valence-electron chi connectivity index (χ0n) is 10.0. The molecule has 1 atom stereocenters. The number of allylic oxidation sites excluding steroid dienone is 1. The van der Waals surface area contributed by atoms with Crippen LogP contribution in [0.5, 0.6) is 0 Å². The van der Waals surface area contributed by atoms with Crippen LogP contribution >= 0.6 is 11.3 Å². The van der Waals surface area contributed by atoms with Crippen LogP contribution in [0.2, 0.25) is 0 Å². The molecule has 0 aliphatic rings. The van der Waals surface area contributed by atoms with Gasteiger partial charge in [0, 0.05) is 10.9 Å². The Morgan fingerprint density at radius 3 is 2.73 bits per heavy atom. The van der Waals surface area contributed by atoms with Crippen LogP contribution in [-0.4, -0.2) is 11.5 Å². The lowest BCUT2D eigenvalue weighted by Crippen LogP contribution is -2.20. The van der Waals surface area contributed by atoms with Crippen molar-refractivity contribution in [3.8, 4) is 0 Å². The van der Waals surface area contributed by atoms with E-state index in [0.717, 1.165) is 18.0 Å². The lowest BCUT2D eigenvalue weighted by atomic mass is 10.2. The second-order valence-electron chi connectivity index (χ2n) is 3.71. The molecule has 1 unspecified atom stereocenters. The van der Waals surface area contributed by atoms with Gasteiger partial charge in [-0.15, -0.1) is 11.3 Å². The van der Waals surface area contributed by atoms with E-state index < -0.39 is 0 Å². The van der Waals surface area contributed by atoms with Crippen LogP contribution in [0.15, 0.2) is 12.2 Å². The van der Waals surface area contributed by atoms with Gasteiger partial charge in [-0.1, -0.05) is 12.2 Å². The van der Waals surface area contributed by atoms with Crippen LogP contribution in [0.1, 0.15) is 41.9 Å². The molecular weight excluding hydrogens is 204 g/mol. The van der Waals surface area contributed by atoms with Crippen molar-refractivity contribution in [1.82, 2.24) is 10.3 Å². The SMILES string of the molecule is C/C=C/CCNC(C)c1nc(C)sc1C. The zero-order chi connectivity index (χ0) is 11.3. The summed E-state index contributed by atoms with van der Waals surface area (Å²) in [4.78, 5) is 5.88. The standard InChI is InChI=1S/C12H20N2S/c1-5-6-7-8-13-9(2)12-10(3)15-11(4)14-12/h5-6,9,13H,7-8H2,1-4H3/b6-5+. The van der Waals surface area contributed by atoms with Gasteiger partial charge in [-0.2, -0.15) is 0 Å². The van der Waals surface area contributed by atoms with Crippen LogP contribution in [0.4, 0.5) is 0 Å². The summed E-state index contributed by atoms with van der Waals surface area (Å²) < 4.78 is 0. The molecule has 3 heteroatoms. The highest BCUT2D eigenvalue weighted by Crippen LogP contribution is 2.22. The molecule has 0 aromatic carbocycles. The summed E-state index contributed by atoms with van der Waals surface area (Å²) in [6, 6.07) is 0.361. The fraction of sp³-hybridized carbons (Fsp3) is 0.583. The molecule has 0 amide bonds. The number of nitrogens with one attached hydrogen (secondary N) is 1. The monoisotopic (exact) mass is 224 g/mol. The molecule has 0 fully saturated rings. The Kier molecular flexibility index (Phi) is 4.99. The summed E-state index contributed by atoms with van der Waals surface area (Å²) in [5.41, 5.74) is 1.21. The van der Waals surface area contributed by atoms with Crippen LogP contribution < -0.4 is 5.32 Å². The first-order valence-corrected chi connectivity index (χ1v) is 6.25. The van der Waals surface area contributed by atoms with Crippen LogP contribution in [-0.2, 0) is 0 Å². The summed E-state index contributed by atoms with van der Waals surface area (Å²) in [6.45, 7) is 9.45. The lowest BCUT2D eigenvalue weighted by Gasteiger charge is -2.11. The average molecular weight is 224 g/mol. The van der Waals surface area contributed by atoms with E-state index in [0.29, 0.717) is 6.04 Å². The molecule has 0 bridgehead atoms. The number of aryl methyl sites for hydroxylation is 2. The first kappa shape index (κ1) is 12.4. The number of nitrogens with zero attached hydrogens (tertiary/aromatic N) is 1. The molecule has 1 aromatic rings. The first-order valence-electron chi connectivity index (χ1n) is 5.43. The average Bonchev–Trinajstić information content (AvgIpc) is 2.52. The van der Waals surface area contributed by atoms with E-state index >= 15 is 0 Å². The molecule has 0 saturated carbocycles. The van der Waals surface area contributed by atoms with Gasteiger partial charge in [-0.05, 0) is 40.7 Å². The third-order valence-corrected chi connectivity index (χ3v) is 3.25. The summed E-state index contributed by atoms with van der Waals surface area (Å²) >= 11 is 1.78. The minimum Gasteiger partial charge on any atom is -0.309 e. The number of hydrogen-bond donors (Lipinski definition) is 1. The highest BCUT2D eigenvalue weighted by Gasteiger charge is 2.11. The van der Waals surface area contributed by atoms with Crippen molar-refractivity contribution in [2.45, 2.75) is 40.2 Å². The topological polar surface area (TPSA) is 24.9 Å². The minimum atomic E-state index is 0.361. The molecule has 1 rings (SSSR count). The second kappa shape index (κ2) is 6.03. The van der Waals surface area contributed by atoms with Gasteiger partial charge >= 0.3 is 0 Å². The Bertz CT molecular complexity index is 328. The van der Waals surface area contributed by atoms with Crippen molar-refractivity contribution in [2.24, 2.45) is 0 Å². The smallest absolute Gasteiger partial charge is 0.0900 e. The molecule has 2 nitrogen and oxygen atoms in total. The summed E-state index contributed by atoms with van der Waals surface area (Å²) in [5, 5.41) is 4.64. The van der Waals surface area contributed by atoms with Crippen molar-refractivity contribution in [3.63, 3.8) is 0 Å². The van der Waals surface area contributed by atoms with Gasteiger partial charge in [-0.25, -0.2) is 4.98 Å². The van der Waals surface area contributed by atoms with Crippen molar-refractivity contribution >= 4 is 11.3 Å². The first-order chi connectivity index (χ1) is 7.15. The third-order valence-electron chi connectivity index (χ3n) is 2.35. The molecule has 0 radical (unpaired) electrons. The Labute approximate surface area is 96.4 Å². The van der Waals surface area contributed by atoms with E-state index in [-0.39, 0.29) is 0 Å². The van der Waals surface area contributed by atoms with Gasteiger partial charge in [0.1, 0.15) is 0 Å². The quantitative estimate of drug-likeness (QED) is 0.612. The normalized spacial score (nSPS) is 13.6. The highest BCUT2D eigenvalue weighted by atomic mass is 32.1. The van der Waals surface area contributed by atoms with Crippen molar-refractivity contribution in [1.29, 1.82) is 0 Å². The molecule has 0 spiro atoms. The number of thiazole rings is 1.